The number of carboxylic acid groups (broad SMARTS) is 1. The van der Waals surface area contributed by atoms with Crippen molar-refractivity contribution in [3.05, 3.63) is 63.9 Å². The van der Waals surface area contributed by atoms with Crippen LogP contribution in [0, 0.1) is 5.41 Å². The number of aromatic nitrogens is 1. The molecule has 1 aliphatic carbocycles. The third kappa shape index (κ3) is 6.11. The Morgan fingerprint density at radius 2 is 1.86 bits per heavy atom. The Morgan fingerprint density at radius 3 is 2.43 bits per heavy atom. The number of amides is 1. The molecule has 2 aromatic rings. The number of benzene rings is 1. The maximum atomic E-state index is 14.2. The summed E-state index contributed by atoms with van der Waals surface area (Å²) in [6.07, 6.45) is 4.83. The van der Waals surface area contributed by atoms with E-state index in [1.807, 2.05) is 19.1 Å². The van der Waals surface area contributed by atoms with Crippen LogP contribution in [-0.2, 0) is 19.6 Å². The predicted octanol–water partition coefficient (Wildman–Crippen LogP) is 4.79. The number of carbonyl (C=O) groups excluding carboxylic acids is 1. The number of nitrogens with zero attached hydrogens (tertiary/aromatic N) is 2. The molecule has 1 aliphatic heterocycles. The molecule has 4 rings (SSSR count). The first kappa shape index (κ1) is 27.8. The molecule has 2 N–H and O–H groups in total. The molecule has 0 radical (unpaired) electrons. The first-order valence-electron chi connectivity index (χ1n) is 12.3. The lowest BCUT2D eigenvalue weighted by Crippen LogP contribution is -2.58. The van der Waals surface area contributed by atoms with Crippen LogP contribution in [0.2, 0.25) is 10.0 Å². The zero-order valence-electron chi connectivity index (χ0n) is 20.7. The van der Waals surface area contributed by atoms with Gasteiger partial charge in [0.25, 0.3) is 0 Å². The molecule has 1 aromatic carbocycles. The fourth-order valence-electron chi connectivity index (χ4n) is 5.32. The minimum atomic E-state index is -3.48. The summed E-state index contributed by atoms with van der Waals surface area (Å²) in [6.45, 7) is 3.59. The van der Waals surface area contributed by atoms with Gasteiger partial charge in [0.15, 0.2) is 0 Å². The summed E-state index contributed by atoms with van der Waals surface area (Å²) in [7, 11) is -3.48. The molecule has 4 unspecified atom stereocenters. The van der Waals surface area contributed by atoms with Gasteiger partial charge in [0.05, 0.1) is 28.2 Å². The Hall–Kier alpha value is -2.20. The summed E-state index contributed by atoms with van der Waals surface area (Å²) in [6, 6.07) is 7.95. The van der Waals surface area contributed by atoms with Crippen molar-refractivity contribution in [1.29, 1.82) is 0 Å². The number of nitrogens with one attached hydrogen (secondary N) is 1. The van der Waals surface area contributed by atoms with E-state index in [4.69, 9.17) is 23.2 Å². The molecule has 2 fully saturated rings. The number of halogens is 2. The number of hydrogen-bond donors (Lipinski definition) is 2. The van der Waals surface area contributed by atoms with Crippen LogP contribution >= 0.6 is 23.2 Å². The Kier molecular flexibility index (Phi) is 8.19. The van der Waals surface area contributed by atoms with Gasteiger partial charge in [0.2, 0.25) is 15.9 Å². The topological polar surface area (TPSA) is 117 Å². The monoisotopic (exact) mass is 567 g/mol. The Labute approximate surface area is 227 Å². The van der Waals surface area contributed by atoms with E-state index >= 15 is 0 Å². The number of hydrogen-bond acceptors (Lipinski definition) is 5. The zero-order valence-corrected chi connectivity index (χ0v) is 23.1. The number of sulfonamides is 1. The zero-order chi connectivity index (χ0) is 27.0. The first-order chi connectivity index (χ1) is 17.4. The normalized spacial score (nSPS) is 25.2. The van der Waals surface area contributed by atoms with Gasteiger partial charge in [0, 0.05) is 35.9 Å². The fourth-order valence-corrected chi connectivity index (χ4v) is 7.05. The third-order valence-corrected chi connectivity index (χ3v) is 9.73. The van der Waals surface area contributed by atoms with Gasteiger partial charge in [-0.3, -0.25) is 14.6 Å². The molecule has 37 heavy (non-hydrogen) atoms. The molecule has 11 heteroatoms. The second-order valence-electron chi connectivity index (χ2n) is 10.2. The van der Waals surface area contributed by atoms with Gasteiger partial charge in [-0.05, 0) is 55.0 Å². The van der Waals surface area contributed by atoms with Crippen molar-refractivity contribution in [2.75, 3.05) is 6.54 Å². The molecular weight excluding hydrogens is 537 g/mol. The van der Waals surface area contributed by atoms with Crippen LogP contribution in [0.1, 0.15) is 69.0 Å². The Balaban J connectivity index is 1.83. The van der Waals surface area contributed by atoms with Gasteiger partial charge < -0.3 is 10.0 Å². The van der Waals surface area contributed by atoms with Crippen LogP contribution in [0.3, 0.4) is 0 Å². The van der Waals surface area contributed by atoms with Crippen molar-refractivity contribution in [3.8, 4) is 0 Å². The lowest BCUT2D eigenvalue weighted by molar-refractivity contribution is -0.160. The van der Waals surface area contributed by atoms with Crippen molar-refractivity contribution in [1.82, 2.24) is 14.6 Å². The second-order valence-corrected chi connectivity index (χ2v) is 13.2. The van der Waals surface area contributed by atoms with Crippen LogP contribution in [0.25, 0.3) is 0 Å². The number of carbonyl (C=O) groups is 2. The van der Waals surface area contributed by atoms with Crippen LogP contribution < -0.4 is 4.72 Å². The van der Waals surface area contributed by atoms with E-state index in [1.165, 1.54) is 6.20 Å². The molecule has 1 aromatic heterocycles. The molecule has 200 valence electrons. The van der Waals surface area contributed by atoms with E-state index in [0.717, 1.165) is 11.1 Å². The molecule has 8 nitrogen and oxygen atoms in total. The highest BCUT2D eigenvalue weighted by molar-refractivity contribution is 7.90. The lowest BCUT2D eigenvalue weighted by Gasteiger charge is -2.51. The maximum absolute atomic E-state index is 14.2. The van der Waals surface area contributed by atoms with Gasteiger partial charge in [-0.1, -0.05) is 49.2 Å². The minimum Gasteiger partial charge on any atom is -0.481 e. The van der Waals surface area contributed by atoms with Gasteiger partial charge in [-0.15, -0.1) is 0 Å². The molecule has 1 saturated heterocycles. The fraction of sp³-hybridized carbons (Fsp3) is 0.500. The highest BCUT2D eigenvalue weighted by Crippen LogP contribution is 2.52. The molecule has 0 bridgehead atoms. The maximum Gasteiger partial charge on any atom is 0.304 e. The van der Waals surface area contributed by atoms with Crippen LogP contribution in [0.15, 0.2) is 42.7 Å². The summed E-state index contributed by atoms with van der Waals surface area (Å²) in [5.41, 5.74) is 0.364. The summed E-state index contributed by atoms with van der Waals surface area (Å²) in [5, 5.41) is 10.3. The molecule has 1 saturated carbocycles. The first-order valence-corrected chi connectivity index (χ1v) is 14.6. The summed E-state index contributed by atoms with van der Waals surface area (Å²) in [4.78, 5) is 32.0. The van der Waals surface area contributed by atoms with Gasteiger partial charge in [-0.2, -0.15) is 0 Å². The van der Waals surface area contributed by atoms with Gasteiger partial charge in [0.1, 0.15) is 0 Å². The minimum absolute atomic E-state index is 0.0365. The Morgan fingerprint density at radius 1 is 1.19 bits per heavy atom. The third-order valence-electron chi connectivity index (χ3n) is 7.36. The van der Waals surface area contributed by atoms with E-state index in [-0.39, 0.29) is 31.2 Å². The predicted molar refractivity (Wildman–Crippen MR) is 142 cm³/mol. The number of aliphatic carboxylic acids is 1. The van der Waals surface area contributed by atoms with E-state index in [0.29, 0.717) is 29.3 Å². The second kappa shape index (κ2) is 10.9. The van der Waals surface area contributed by atoms with Crippen LogP contribution in [0.5, 0.6) is 0 Å². The largest absolute Gasteiger partial charge is 0.481 e. The number of piperidine rings is 1. The van der Waals surface area contributed by atoms with Gasteiger partial charge in [-0.25, -0.2) is 13.1 Å². The van der Waals surface area contributed by atoms with Gasteiger partial charge >= 0.3 is 5.97 Å². The van der Waals surface area contributed by atoms with E-state index in [2.05, 4.69) is 9.71 Å². The molecule has 0 spiro atoms. The number of likely N-dealkylation sites (tertiary alicyclic amines) is 1. The highest BCUT2D eigenvalue weighted by Gasteiger charge is 2.52. The standard InChI is InChI=1S/C26H31Cl2N3O5S/c1-3-20(15-30-37(35,36)21-8-9-21)31-24(16-4-6-18(27)7-5-16)22(17-10-19(28)14-29-13-17)11-26(2,25(31)34)12-23(32)33/h4-7,10,13-14,20-22,24,30H,3,8-9,11-12,15H2,1-2H3,(H,32,33). The number of rotatable bonds is 10. The smallest absolute Gasteiger partial charge is 0.304 e. The van der Waals surface area contributed by atoms with Crippen LogP contribution in [0.4, 0.5) is 0 Å². The van der Waals surface area contributed by atoms with Crippen molar-refractivity contribution < 1.29 is 23.1 Å². The lowest BCUT2D eigenvalue weighted by atomic mass is 9.67. The number of carboxylic acids is 1. The molecule has 4 atom stereocenters. The van der Waals surface area contributed by atoms with E-state index in [1.54, 1.807) is 36.2 Å². The Bertz CT molecular complexity index is 1270. The van der Waals surface area contributed by atoms with E-state index in [9.17, 15) is 23.1 Å². The molecule has 2 heterocycles. The molecular formula is C26H31Cl2N3O5S. The van der Waals surface area contributed by atoms with Crippen molar-refractivity contribution in [2.45, 2.75) is 69.2 Å². The van der Waals surface area contributed by atoms with Crippen molar-refractivity contribution >= 4 is 45.1 Å². The molecule has 1 amide bonds. The quantitative estimate of drug-likeness (QED) is 0.426. The van der Waals surface area contributed by atoms with Crippen molar-refractivity contribution in [3.63, 3.8) is 0 Å². The number of pyridine rings is 1. The SMILES string of the molecule is CCC(CNS(=O)(=O)C1CC1)N1C(=O)C(C)(CC(=O)O)CC(c2cncc(Cl)c2)C1c1ccc(Cl)cc1. The van der Waals surface area contributed by atoms with Crippen LogP contribution in [-0.4, -0.2) is 53.1 Å². The highest BCUT2D eigenvalue weighted by atomic mass is 35.5. The van der Waals surface area contributed by atoms with E-state index < -0.39 is 38.7 Å². The summed E-state index contributed by atoms with van der Waals surface area (Å²) >= 11 is 12.5. The summed E-state index contributed by atoms with van der Waals surface area (Å²) < 4.78 is 28.0. The van der Waals surface area contributed by atoms with Crippen molar-refractivity contribution in [2.24, 2.45) is 5.41 Å². The summed E-state index contributed by atoms with van der Waals surface area (Å²) in [5.74, 6) is -1.74. The average Bonchev–Trinajstić information content (AvgIpc) is 3.68. The molecule has 2 aliphatic rings. The average molecular weight is 569 g/mol.